The van der Waals surface area contributed by atoms with Crippen molar-refractivity contribution < 1.29 is 9.53 Å². The van der Waals surface area contributed by atoms with E-state index in [0.717, 1.165) is 18.2 Å². The van der Waals surface area contributed by atoms with Crippen molar-refractivity contribution in [1.82, 2.24) is 0 Å². The summed E-state index contributed by atoms with van der Waals surface area (Å²) in [7, 11) is 0. The van der Waals surface area contributed by atoms with Crippen molar-refractivity contribution in [3.8, 4) is 0 Å². The number of rotatable bonds is 11. The van der Waals surface area contributed by atoms with Crippen LogP contribution in [0, 0.1) is 0 Å². The maximum atomic E-state index is 10.5. The van der Waals surface area contributed by atoms with Gasteiger partial charge in [-0.2, -0.15) is 0 Å². The average Bonchev–Trinajstić information content (AvgIpc) is 2.30. The highest BCUT2D eigenvalue weighted by atomic mass is 79.9. The van der Waals surface area contributed by atoms with Crippen LogP contribution in [0.4, 0.5) is 0 Å². The number of hydrogen-bond acceptors (Lipinski definition) is 2. The first kappa shape index (κ1) is 16.7. The Morgan fingerprint density at radius 2 is 1.59 bits per heavy atom. The van der Waals surface area contributed by atoms with Crippen LogP contribution in [-0.2, 0) is 9.53 Å². The van der Waals surface area contributed by atoms with Crippen molar-refractivity contribution in [3.63, 3.8) is 0 Å². The topological polar surface area (TPSA) is 26.3 Å². The Labute approximate surface area is 114 Å². The Hall–Kier alpha value is -0.310. The van der Waals surface area contributed by atoms with Crippen molar-refractivity contribution in [2.45, 2.75) is 58.3 Å². The van der Waals surface area contributed by atoms with Crippen LogP contribution in [0.3, 0.4) is 0 Å². The lowest BCUT2D eigenvalue weighted by Gasteiger charge is -2.02. The molecule has 0 amide bonds. The highest BCUT2D eigenvalue weighted by molar-refractivity contribution is 9.09. The molecule has 2 nitrogen and oxygen atoms in total. The molecule has 100 valence electrons. The monoisotopic (exact) mass is 304 g/mol. The molecule has 0 heterocycles. The predicted octanol–water partition coefficient (Wildman–Crippen LogP) is 4.62. The Bertz CT molecular complexity index is 202. The SMILES string of the molecule is CC(=O)OCCCCCCCC/C=C/CCBr. The third-order valence-corrected chi connectivity index (χ3v) is 2.97. The smallest absolute Gasteiger partial charge is 0.302 e. The van der Waals surface area contributed by atoms with Gasteiger partial charge in [0.05, 0.1) is 6.61 Å². The van der Waals surface area contributed by atoms with Gasteiger partial charge in [0.25, 0.3) is 0 Å². The summed E-state index contributed by atoms with van der Waals surface area (Å²) in [4.78, 5) is 10.5. The highest BCUT2D eigenvalue weighted by Crippen LogP contribution is 2.08. The third-order valence-electron chi connectivity index (χ3n) is 2.51. The minimum absolute atomic E-state index is 0.166. The number of allylic oxidation sites excluding steroid dienone is 2. The van der Waals surface area contributed by atoms with E-state index in [1.807, 2.05) is 0 Å². The summed E-state index contributed by atoms with van der Waals surface area (Å²) < 4.78 is 4.87. The van der Waals surface area contributed by atoms with Gasteiger partial charge < -0.3 is 4.74 Å². The number of carbonyl (C=O) groups is 1. The van der Waals surface area contributed by atoms with Crippen molar-refractivity contribution in [2.75, 3.05) is 11.9 Å². The molecule has 0 bridgehead atoms. The number of halogens is 1. The van der Waals surface area contributed by atoms with Crippen LogP contribution >= 0.6 is 15.9 Å². The van der Waals surface area contributed by atoms with Crippen LogP contribution in [-0.4, -0.2) is 17.9 Å². The molecular weight excluding hydrogens is 280 g/mol. The zero-order chi connectivity index (χ0) is 12.8. The van der Waals surface area contributed by atoms with E-state index in [0.29, 0.717) is 6.61 Å². The lowest BCUT2D eigenvalue weighted by molar-refractivity contribution is -0.141. The Balaban J connectivity index is 3.01. The molecule has 17 heavy (non-hydrogen) atoms. The first-order valence-corrected chi connectivity index (χ1v) is 7.74. The molecule has 0 saturated carbocycles. The number of esters is 1. The van der Waals surface area contributed by atoms with Gasteiger partial charge in [0, 0.05) is 12.3 Å². The Morgan fingerprint density at radius 3 is 2.24 bits per heavy atom. The number of unbranched alkanes of at least 4 members (excludes halogenated alkanes) is 6. The lowest BCUT2D eigenvalue weighted by atomic mass is 10.1. The molecule has 0 spiro atoms. The normalized spacial score (nSPS) is 10.9. The fourth-order valence-corrected chi connectivity index (χ4v) is 1.85. The van der Waals surface area contributed by atoms with Gasteiger partial charge in [-0.3, -0.25) is 4.79 Å². The predicted molar refractivity (Wildman–Crippen MR) is 76.5 cm³/mol. The molecule has 0 aliphatic heterocycles. The molecule has 0 atom stereocenters. The van der Waals surface area contributed by atoms with Crippen molar-refractivity contribution in [3.05, 3.63) is 12.2 Å². The molecule has 0 rings (SSSR count). The molecule has 0 aromatic carbocycles. The Morgan fingerprint density at radius 1 is 1.00 bits per heavy atom. The van der Waals surface area contributed by atoms with E-state index >= 15 is 0 Å². The molecule has 0 aromatic heterocycles. The van der Waals surface area contributed by atoms with E-state index in [4.69, 9.17) is 4.74 Å². The first-order chi connectivity index (χ1) is 8.27. The quantitative estimate of drug-likeness (QED) is 0.241. The van der Waals surface area contributed by atoms with Gasteiger partial charge in [0.1, 0.15) is 0 Å². The lowest BCUT2D eigenvalue weighted by Crippen LogP contribution is -1.99. The second-order valence-corrected chi connectivity index (χ2v) is 4.99. The summed E-state index contributed by atoms with van der Waals surface area (Å²) in [6.45, 7) is 2.05. The van der Waals surface area contributed by atoms with Crippen LogP contribution in [0.25, 0.3) is 0 Å². The Kier molecular flexibility index (Phi) is 13.5. The summed E-state index contributed by atoms with van der Waals surface area (Å²) in [5.41, 5.74) is 0. The van der Waals surface area contributed by atoms with Crippen LogP contribution < -0.4 is 0 Å². The first-order valence-electron chi connectivity index (χ1n) is 6.61. The van der Waals surface area contributed by atoms with Gasteiger partial charge in [0.2, 0.25) is 0 Å². The largest absolute Gasteiger partial charge is 0.466 e. The number of carbonyl (C=O) groups excluding carboxylic acids is 1. The number of ether oxygens (including phenoxy) is 1. The molecule has 3 heteroatoms. The fourth-order valence-electron chi connectivity index (χ4n) is 1.59. The maximum absolute atomic E-state index is 10.5. The van der Waals surface area contributed by atoms with E-state index in [9.17, 15) is 4.79 Å². The van der Waals surface area contributed by atoms with Gasteiger partial charge >= 0.3 is 5.97 Å². The van der Waals surface area contributed by atoms with Crippen LogP contribution in [0.1, 0.15) is 58.3 Å². The summed E-state index contributed by atoms with van der Waals surface area (Å²) in [6.07, 6.45) is 14.2. The average molecular weight is 305 g/mol. The molecule has 0 unspecified atom stereocenters. The minimum atomic E-state index is -0.166. The van der Waals surface area contributed by atoms with E-state index in [1.54, 1.807) is 0 Å². The van der Waals surface area contributed by atoms with E-state index in [1.165, 1.54) is 45.4 Å². The van der Waals surface area contributed by atoms with Crippen LogP contribution in [0.15, 0.2) is 12.2 Å². The number of alkyl halides is 1. The van der Waals surface area contributed by atoms with E-state index in [2.05, 4.69) is 28.1 Å². The number of hydrogen-bond donors (Lipinski definition) is 0. The summed E-state index contributed by atoms with van der Waals surface area (Å²) in [5.74, 6) is -0.166. The summed E-state index contributed by atoms with van der Waals surface area (Å²) in [5, 5.41) is 1.06. The summed E-state index contributed by atoms with van der Waals surface area (Å²) in [6, 6.07) is 0. The van der Waals surface area contributed by atoms with Gasteiger partial charge in [-0.05, 0) is 25.7 Å². The van der Waals surface area contributed by atoms with Crippen LogP contribution in [0.2, 0.25) is 0 Å². The van der Waals surface area contributed by atoms with E-state index in [-0.39, 0.29) is 5.97 Å². The molecule has 0 N–H and O–H groups in total. The molecule has 0 fully saturated rings. The standard InChI is InChI=1S/C14H25BrO2/c1-14(16)17-13-11-9-7-5-3-2-4-6-8-10-12-15/h6,8H,2-5,7,9-13H2,1H3/b8-6+. The fraction of sp³-hybridized carbons (Fsp3) is 0.786. The van der Waals surface area contributed by atoms with Gasteiger partial charge in [-0.1, -0.05) is 53.8 Å². The van der Waals surface area contributed by atoms with Crippen molar-refractivity contribution in [2.24, 2.45) is 0 Å². The molecular formula is C14H25BrO2. The third kappa shape index (κ3) is 15.7. The van der Waals surface area contributed by atoms with Crippen molar-refractivity contribution in [1.29, 1.82) is 0 Å². The van der Waals surface area contributed by atoms with Crippen molar-refractivity contribution >= 4 is 21.9 Å². The van der Waals surface area contributed by atoms with Crippen LogP contribution in [0.5, 0.6) is 0 Å². The van der Waals surface area contributed by atoms with Gasteiger partial charge in [0.15, 0.2) is 0 Å². The zero-order valence-electron chi connectivity index (χ0n) is 10.9. The van der Waals surface area contributed by atoms with E-state index < -0.39 is 0 Å². The summed E-state index contributed by atoms with van der Waals surface area (Å²) >= 11 is 3.40. The zero-order valence-corrected chi connectivity index (χ0v) is 12.5. The maximum Gasteiger partial charge on any atom is 0.302 e. The molecule has 0 radical (unpaired) electrons. The molecule has 0 aliphatic carbocycles. The second-order valence-electron chi connectivity index (χ2n) is 4.20. The highest BCUT2D eigenvalue weighted by Gasteiger charge is 1.93. The minimum Gasteiger partial charge on any atom is -0.466 e. The second kappa shape index (κ2) is 13.8. The van der Waals surface area contributed by atoms with Gasteiger partial charge in [-0.25, -0.2) is 0 Å². The molecule has 0 aliphatic rings. The molecule has 0 aromatic rings. The molecule has 0 saturated heterocycles. The van der Waals surface area contributed by atoms with Gasteiger partial charge in [-0.15, -0.1) is 0 Å².